The molecule has 1 N–H and O–H groups in total. The van der Waals surface area contributed by atoms with Gasteiger partial charge in [-0.15, -0.1) is 0 Å². The van der Waals surface area contributed by atoms with Gasteiger partial charge in [0.1, 0.15) is 5.75 Å². The maximum Gasteiger partial charge on any atom is 0.247 e. The van der Waals surface area contributed by atoms with E-state index in [2.05, 4.69) is 20.7 Å². The van der Waals surface area contributed by atoms with Gasteiger partial charge < -0.3 is 4.74 Å². The number of anilines is 1. The molecule has 1 aromatic rings. The lowest BCUT2D eigenvalue weighted by Crippen LogP contribution is -2.22. The summed E-state index contributed by atoms with van der Waals surface area (Å²) in [4.78, 5) is 0. The van der Waals surface area contributed by atoms with Gasteiger partial charge >= 0.3 is 0 Å². The number of hydrogen-bond donors (Lipinski definition) is 1. The monoisotopic (exact) mass is 385 g/mol. The zero-order chi connectivity index (χ0) is 15.4. The van der Waals surface area contributed by atoms with Crippen LogP contribution < -0.4 is 9.46 Å². The van der Waals surface area contributed by atoms with Crippen molar-refractivity contribution >= 4 is 41.5 Å². The molecule has 1 rings (SSSR count). The van der Waals surface area contributed by atoms with E-state index in [-0.39, 0.29) is 0 Å². The van der Waals surface area contributed by atoms with Gasteiger partial charge in [0.05, 0.1) is 6.61 Å². The van der Waals surface area contributed by atoms with E-state index in [9.17, 15) is 16.8 Å². The molecule has 0 amide bonds. The summed E-state index contributed by atoms with van der Waals surface area (Å²) in [7, 11) is -7.56. The van der Waals surface area contributed by atoms with Crippen LogP contribution in [0.25, 0.3) is 0 Å². The Labute approximate surface area is 127 Å². The molecule has 0 bridgehead atoms. The molecular weight excluding hydrogens is 370 g/mol. The molecule has 0 heterocycles. The van der Waals surface area contributed by atoms with Crippen LogP contribution in [0.4, 0.5) is 5.69 Å². The summed E-state index contributed by atoms with van der Waals surface area (Å²) >= 11 is 3.29. The molecule has 0 atom stereocenters. The molecule has 0 aliphatic rings. The Morgan fingerprint density at radius 1 is 1.25 bits per heavy atom. The first kappa shape index (κ1) is 17.3. The Balaban J connectivity index is 2.99. The van der Waals surface area contributed by atoms with Gasteiger partial charge in [-0.2, -0.15) is 0 Å². The van der Waals surface area contributed by atoms with E-state index < -0.39 is 24.9 Å². The summed E-state index contributed by atoms with van der Waals surface area (Å²) in [6.45, 7) is 2.35. The van der Waals surface area contributed by atoms with Gasteiger partial charge in [-0.05, 0) is 25.1 Å². The minimum atomic E-state index is -3.94. The van der Waals surface area contributed by atoms with E-state index in [4.69, 9.17) is 4.74 Å². The molecule has 6 nitrogen and oxygen atoms in total. The number of nitrogens with one attached hydrogen (secondary N) is 1. The van der Waals surface area contributed by atoms with E-state index >= 15 is 0 Å². The largest absolute Gasteiger partial charge is 0.494 e. The maximum atomic E-state index is 11.7. The third-order valence-corrected chi connectivity index (χ3v) is 6.25. The highest BCUT2D eigenvalue weighted by Crippen LogP contribution is 2.25. The van der Waals surface area contributed by atoms with Crippen molar-refractivity contribution in [3.63, 3.8) is 0 Å². The van der Waals surface area contributed by atoms with Crippen molar-refractivity contribution in [2.45, 2.75) is 12.3 Å². The number of halogens is 1. The van der Waals surface area contributed by atoms with Crippen LogP contribution in [0.5, 0.6) is 5.75 Å². The molecule has 0 saturated heterocycles. The lowest BCUT2D eigenvalue weighted by Gasteiger charge is -2.12. The van der Waals surface area contributed by atoms with Crippen LogP contribution in [0.2, 0.25) is 0 Å². The molecule has 9 heteroatoms. The second kappa shape index (κ2) is 6.77. The first-order valence-electron chi connectivity index (χ1n) is 5.67. The smallest absolute Gasteiger partial charge is 0.247 e. The summed E-state index contributed by atoms with van der Waals surface area (Å²) in [6.07, 6.45) is 0.869. The van der Waals surface area contributed by atoms with Crippen molar-refractivity contribution in [1.82, 2.24) is 0 Å². The third-order valence-electron chi connectivity index (χ3n) is 2.15. The molecule has 114 valence electrons. The predicted octanol–water partition coefficient (Wildman–Crippen LogP) is 1.72. The highest BCUT2D eigenvalue weighted by Gasteiger charge is 2.18. The summed E-state index contributed by atoms with van der Waals surface area (Å²) in [5.74, 6) is 0.649. The summed E-state index contributed by atoms with van der Waals surface area (Å²) < 4.78 is 53.1. The number of sulfonamides is 1. The van der Waals surface area contributed by atoms with Gasteiger partial charge in [0.2, 0.25) is 10.0 Å². The van der Waals surface area contributed by atoms with Gasteiger partial charge in [-0.3, -0.25) is 4.72 Å². The Morgan fingerprint density at radius 3 is 2.40 bits per heavy atom. The molecule has 0 saturated carbocycles. The second-order valence-electron chi connectivity index (χ2n) is 4.15. The average molecular weight is 386 g/mol. The molecule has 1 aromatic carbocycles. The highest BCUT2D eigenvalue weighted by atomic mass is 79.9. The van der Waals surface area contributed by atoms with Gasteiger partial charge in [0.15, 0.2) is 14.9 Å². The van der Waals surface area contributed by atoms with Crippen LogP contribution in [-0.2, 0) is 25.2 Å². The van der Waals surface area contributed by atoms with Crippen molar-refractivity contribution in [1.29, 1.82) is 0 Å². The lowest BCUT2D eigenvalue weighted by atomic mass is 10.2. The Morgan fingerprint density at radius 2 is 1.90 bits per heavy atom. The zero-order valence-electron chi connectivity index (χ0n) is 11.1. The Bertz CT molecular complexity index is 670. The first-order chi connectivity index (χ1) is 9.17. The maximum absolute atomic E-state index is 11.7. The van der Waals surface area contributed by atoms with Crippen molar-refractivity contribution in [2.75, 3.05) is 22.7 Å². The summed E-state index contributed by atoms with van der Waals surface area (Å²) in [5.41, 5.74) is 1.07. The number of ether oxygens (including phenoxy) is 1. The van der Waals surface area contributed by atoms with Crippen molar-refractivity contribution in [2.24, 2.45) is 0 Å². The van der Waals surface area contributed by atoms with Gasteiger partial charge in [0, 0.05) is 22.8 Å². The molecular formula is C11H16BrNO5S2. The molecule has 0 radical (unpaired) electrons. The van der Waals surface area contributed by atoms with Crippen molar-refractivity contribution < 1.29 is 21.6 Å². The fraction of sp³-hybridized carbons (Fsp3) is 0.455. The van der Waals surface area contributed by atoms with E-state index in [1.54, 1.807) is 12.1 Å². The topological polar surface area (TPSA) is 89.5 Å². The van der Waals surface area contributed by atoms with Crippen LogP contribution in [-0.4, -0.2) is 34.8 Å². The molecule has 0 aliphatic heterocycles. The SMILES string of the molecule is CCOc1ccc(NS(=O)(=O)CS(C)(=O)=O)cc1CBr. The standard InChI is InChI=1S/C11H16BrNO5S2/c1-3-18-11-5-4-10(6-9(11)7-12)13-20(16,17)8-19(2,14)15/h4-6,13H,3,7-8H2,1-2H3. The number of alkyl halides is 1. The second-order valence-corrected chi connectivity index (χ2v) is 8.94. The van der Waals surface area contributed by atoms with E-state index in [1.165, 1.54) is 6.07 Å². The van der Waals surface area contributed by atoms with Gasteiger partial charge in [-0.1, -0.05) is 15.9 Å². The minimum Gasteiger partial charge on any atom is -0.494 e. The molecule has 0 fully saturated rings. The number of sulfone groups is 1. The molecule has 0 aromatic heterocycles. The van der Waals surface area contributed by atoms with Crippen LogP contribution in [0.3, 0.4) is 0 Å². The normalized spacial score (nSPS) is 12.2. The van der Waals surface area contributed by atoms with E-state index in [0.29, 0.717) is 23.4 Å². The van der Waals surface area contributed by atoms with E-state index in [0.717, 1.165) is 11.8 Å². The number of hydrogen-bond acceptors (Lipinski definition) is 5. The van der Waals surface area contributed by atoms with Crippen LogP contribution in [0.1, 0.15) is 12.5 Å². The molecule has 0 spiro atoms. The summed E-state index contributed by atoms with van der Waals surface area (Å²) in [6, 6.07) is 4.76. The predicted molar refractivity (Wildman–Crippen MR) is 82.5 cm³/mol. The Kier molecular flexibility index (Phi) is 5.84. The fourth-order valence-electron chi connectivity index (χ4n) is 1.53. The first-order valence-corrected chi connectivity index (χ1v) is 10.5. The fourth-order valence-corrected chi connectivity index (χ4v) is 4.95. The molecule has 20 heavy (non-hydrogen) atoms. The summed E-state index contributed by atoms with van der Waals surface area (Å²) in [5, 5.41) is -0.458. The zero-order valence-corrected chi connectivity index (χ0v) is 14.3. The highest BCUT2D eigenvalue weighted by molar-refractivity contribution is 9.08. The number of rotatable bonds is 7. The van der Waals surface area contributed by atoms with Crippen molar-refractivity contribution in [3.05, 3.63) is 23.8 Å². The number of benzene rings is 1. The molecule has 0 unspecified atom stereocenters. The van der Waals surface area contributed by atoms with Gasteiger partial charge in [-0.25, -0.2) is 16.8 Å². The minimum absolute atomic E-state index is 0.298. The van der Waals surface area contributed by atoms with E-state index in [1.807, 2.05) is 6.92 Å². The van der Waals surface area contributed by atoms with Crippen molar-refractivity contribution in [3.8, 4) is 5.75 Å². The Hall–Kier alpha value is -0.800. The lowest BCUT2D eigenvalue weighted by molar-refractivity contribution is 0.338. The quantitative estimate of drug-likeness (QED) is 0.721. The molecule has 0 aliphatic carbocycles. The average Bonchev–Trinajstić information content (AvgIpc) is 2.27. The van der Waals surface area contributed by atoms with Crippen LogP contribution in [0.15, 0.2) is 18.2 Å². The van der Waals surface area contributed by atoms with Crippen LogP contribution >= 0.6 is 15.9 Å². The van der Waals surface area contributed by atoms with Crippen LogP contribution in [0, 0.1) is 0 Å². The third kappa shape index (κ3) is 5.68. The van der Waals surface area contributed by atoms with Gasteiger partial charge in [0.25, 0.3) is 0 Å².